The number of aromatic nitrogens is 1. The quantitative estimate of drug-likeness (QED) is 0.453. The molecule has 2 aromatic carbocycles. The van der Waals surface area contributed by atoms with Crippen LogP contribution in [0.15, 0.2) is 73.1 Å². The molecule has 1 aromatic heterocycles. The van der Waals surface area contributed by atoms with Crippen molar-refractivity contribution in [3.63, 3.8) is 0 Å². The van der Waals surface area contributed by atoms with Gasteiger partial charge in [0.25, 0.3) is 5.91 Å². The molecular formula is C30H32N4O4. The Bertz CT molecular complexity index is 1350. The number of fused-ring (bicyclic) bond motifs is 3. The maximum atomic E-state index is 14.2. The first kappa shape index (κ1) is 24.3. The van der Waals surface area contributed by atoms with Gasteiger partial charge in [0.2, 0.25) is 5.91 Å². The molecule has 0 unspecified atom stereocenters. The highest BCUT2D eigenvalue weighted by Gasteiger charge is 2.48. The molecule has 8 nitrogen and oxygen atoms in total. The number of carboxylic acid groups (broad SMARTS) is 1. The van der Waals surface area contributed by atoms with E-state index in [9.17, 15) is 19.5 Å². The van der Waals surface area contributed by atoms with Gasteiger partial charge in [0, 0.05) is 42.1 Å². The van der Waals surface area contributed by atoms with Gasteiger partial charge < -0.3 is 20.6 Å². The Hall–Kier alpha value is -4.07. The van der Waals surface area contributed by atoms with Crippen LogP contribution in [0.3, 0.4) is 0 Å². The summed E-state index contributed by atoms with van der Waals surface area (Å²) in [5, 5.41) is 16.2. The van der Waals surface area contributed by atoms with E-state index in [1.807, 2.05) is 47.4 Å². The van der Waals surface area contributed by atoms with Gasteiger partial charge in [-0.15, -0.1) is 0 Å². The third kappa shape index (κ3) is 4.34. The number of carbonyl (C=O) groups excluding carboxylic acids is 2. The second-order valence-electron chi connectivity index (χ2n) is 10.6. The molecular weight excluding hydrogens is 480 g/mol. The fraction of sp³-hybridized carbons (Fsp3) is 0.367. The number of benzene rings is 2. The molecule has 1 aliphatic carbocycles. The minimum Gasteiger partial charge on any atom is -0.464 e. The van der Waals surface area contributed by atoms with E-state index in [0.29, 0.717) is 12.1 Å². The summed E-state index contributed by atoms with van der Waals surface area (Å²) in [7, 11) is 0. The van der Waals surface area contributed by atoms with Crippen molar-refractivity contribution in [2.24, 2.45) is 11.8 Å². The fourth-order valence-corrected chi connectivity index (χ4v) is 6.67. The van der Waals surface area contributed by atoms with E-state index >= 15 is 0 Å². The van der Waals surface area contributed by atoms with Crippen LogP contribution < -0.4 is 10.6 Å². The van der Waals surface area contributed by atoms with Crippen LogP contribution >= 0.6 is 0 Å². The number of amides is 2. The molecule has 6 rings (SSSR count). The van der Waals surface area contributed by atoms with Crippen molar-refractivity contribution in [3.05, 3.63) is 89.7 Å². The summed E-state index contributed by atoms with van der Waals surface area (Å²) in [6.07, 6.45) is 6.53. The highest BCUT2D eigenvalue weighted by Crippen LogP contribution is 2.51. The molecule has 0 spiro atoms. The summed E-state index contributed by atoms with van der Waals surface area (Å²) >= 11 is 0. The summed E-state index contributed by atoms with van der Waals surface area (Å²) in [6, 6.07) is 18.7. The summed E-state index contributed by atoms with van der Waals surface area (Å²) in [5.74, 6) is -0.179. The lowest BCUT2D eigenvalue weighted by Gasteiger charge is -2.41. The molecule has 3 N–H and O–H groups in total. The summed E-state index contributed by atoms with van der Waals surface area (Å²) < 4.78 is 1.17. The normalized spacial score (nSPS) is 26.1. The Morgan fingerprint density at radius 3 is 2.47 bits per heavy atom. The zero-order chi connectivity index (χ0) is 26.2. The largest absolute Gasteiger partial charge is 0.464 e. The van der Waals surface area contributed by atoms with Crippen LogP contribution in [0.25, 0.3) is 0 Å². The predicted octanol–water partition coefficient (Wildman–Crippen LogP) is 5.06. The number of hydrogen-bond acceptors (Lipinski definition) is 4. The first-order valence-electron chi connectivity index (χ1n) is 13.4. The molecule has 0 bridgehead atoms. The lowest BCUT2D eigenvalue weighted by atomic mass is 9.79. The number of nitrogens with zero attached hydrogens (tertiary/aromatic N) is 2. The maximum absolute atomic E-state index is 14.2. The average Bonchev–Trinajstić information content (AvgIpc) is 3.62. The first-order valence-corrected chi connectivity index (χ1v) is 13.4. The number of para-hydroxylation sites is 1. The zero-order valence-corrected chi connectivity index (χ0v) is 21.1. The zero-order valence-electron chi connectivity index (χ0n) is 21.1. The second-order valence-corrected chi connectivity index (χ2v) is 10.6. The number of carbonyl (C=O) groups is 3. The van der Waals surface area contributed by atoms with Gasteiger partial charge in [-0.25, -0.2) is 4.79 Å². The number of hydrogen-bond donors (Lipinski definition) is 3. The Morgan fingerprint density at radius 1 is 0.921 bits per heavy atom. The Morgan fingerprint density at radius 2 is 1.68 bits per heavy atom. The van der Waals surface area contributed by atoms with Crippen LogP contribution in [0, 0.1) is 11.8 Å². The van der Waals surface area contributed by atoms with Crippen molar-refractivity contribution < 1.29 is 19.5 Å². The van der Waals surface area contributed by atoms with Crippen LogP contribution in [0.2, 0.25) is 0 Å². The van der Waals surface area contributed by atoms with Crippen molar-refractivity contribution in [2.45, 2.75) is 50.2 Å². The molecule has 196 valence electrons. The molecule has 1 saturated carbocycles. The van der Waals surface area contributed by atoms with Gasteiger partial charge in [0.15, 0.2) is 0 Å². The van der Waals surface area contributed by atoms with Gasteiger partial charge in [-0.3, -0.25) is 14.2 Å². The van der Waals surface area contributed by atoms with Crippen molar-refractivity contribution >= 4 is 23.6 Å². The van der Waals surface area contributed by atoms with Gasteiger partial charge in [-0.1, -0.05) is 49.2 Å². The highest BCUT2D eigenvalue weighted by atomic mass is 16.4. The molecule has 0 radical (unpaired) electrons. The first-order chi connectivity index (χ1) is 18.5. The molecule has 3 aromatic rings. The highest BCUT2D eigenvalue weighted by molar-refractivity contribution is 5.95. The summed E-state index contributed by atoms with van der Waals surface area (Å²) in [6.45, 7) is 0.635. The molecule has 2 amide bonds. The van der Waals surface area contributed by atoms with Gasteiger partial charge in [-0.05, 0) is 54.7 Å². The van der Waals surface area contributed by atoms with Gasteiger partial charge in [-0.2, -0.15) is 0 Å². The Labute approximate surface area is 221 Å². The predicted molar refractivity (Wildman–Crippen MR) is 143 cm³/mol. The Kier molecular flexibility index (Phi) is 6.39. The van der Waals surface area contributed by atoms with E-state index in [2.05, 4.69) is 16.7 Å². The van der Waals surface area contributed by atoms with Crippen LogP contribution in [0.5, 0.6) is 0 Å². The third-order valence-electron chi connectivity index (χ3n) is 8.48. The summed E-state index contributed by atoms with van der Waals surface area (Å²) in [5.41, 5.74) is 3.57. The van der Waals surface area contributed by atoms with Crippen molar-refractivity contribution in [1.82, 2.24) is 14.8 Å². The van der Waals surface area contributed by atoms with Crippen molar-refractivity contribution in [3.8, 4) is 0 Å². The van der Waals surface area contributed by atoms with Crippen molar-refractivity contribution in [1.29, 1.82) is 0 Å². The van der Waals surface area contributed by atoms with E-state index in [4.69, 9.17) is 0 Å². The molecule has 5 atom stereocenters. The molecule has 2 aliphatic heterocycles. The van der Waals surface area contributed by atoms with Crippen molar-refractivity contribution in [2.75, 3.05) is 11.9 Å². The molecule has 38 heavy (non-hydrogen) atoms. The SMILES string of the molecule is O=C(N[C@@H]1CCCC[C@@H]1C(=O)N1CC[C@@H]2[C@H](c3ccn(C(=O)O)c3)Nc3ccccc3[C@@H]21)c1ccccc1. The number of anilines is 1. The van der Waals surface area contributed by atoms with Crippen LogP contribution in [-0.4, -0.2) is 45.1 Å². The molecule has 1 saturated heterocycles. The van der Waals surface area contributed by atoms with E-state index < -0.39 is 6.09 Å². The smallest absolute Gasteiger partial charge is 0.415 e. The number of likely N-dealkylation sites (tertiary alicyclic amines) is 1. The van der Waals surface area contributed by atoms with Crippen LogP contribution in [0.1, 0.15) is 65.7 Å². The second kappa shape index (κ2) is 10.0. The van der Waals surface area contributed by atoms with Gasteiger partial charge >= 0.3 is 6.09 Å². The topological polar surface area (TPSA) is 104 Å². The average molecular weight is 513 g/mol. The van der Waals surface area contributed by atoms with E-state index in [1.54, 1.807) is 24.5 Å². The number of nitrogens with one attached hydrogen (secondary N) is 2. The minimum atomic E-state index is -1.02. The van der Waals surface area contributed by atoms with Gasteiger partial charge in [0.1, 0.15) is 0 Å². The maximum Gasteiger partial charge on any atom is 0.415 e. The minimum absolute atomic E-state index is 0.103. The number of rotatable bonds is 4. The fourth-order valence-electron chi connectivity index (χ4n) is 6.67. The molecule has 8 heteroatoms. The molecule has 2 fully saturated rings. The molecule has 3 heterocycles. The standard InChI is InChI=1S/C30H32N4O4/c35-28(19-8-2-1-3-9-19)32-25-13-7-5-11-22(25)29(36)34-17-15-23-26(20-14-16-33(18-20)30(37)38)31-24-12-6-4-10-21(24)27(23)34/h1-4,6,8-10,12,14,16,18,22-23,25-27,31H,5,7,11,13,15,17H2,(H,32,35)(H,37,38)/t22-,23+,25+,26-,27-/m0/s1. The third-order valence-corrected chi connectivity index (χ3v) is 8.48. The summed E-state index contributed by atoms with van der Waals surface area (Å²) in [4.78, 5) is 40.7. The van der Waals surface area contributed by atoms with Gasteiger partial charge in [0.05, 0.1) is 18.0 Å². The monoisotopic (exact) mass is 512 g/mol. The van der Waals surface area contributed by atoms with E-state index in [-0.39, 0.29) is 41.8 Å². The van der Waals surface area contributed by atoms with E-state index in [1.165, 1.54) is 4.57 Å². The van der Waals surface area contributed by atoms with E-state index in [0.717, 1.165) is 48.9 Å². The Balaban J connectivity index is 1.28. The van der Waals surface area contributed by atoms with Crippen LogP contribution in [0.4, 0.5) is 10.5 Å². The van der Waals surface area contributed by atoms with Crippen LogP contribution in [-0.2, 0) is 4.79 Å². The lowest BCUT2D eigenvalue weighted by Crippen LogP contribution is -2.50. The molecule has 3 aliphatic rings. The lowest BCUT2D eigenvalue weighted by molar-refractivity contribution is -0.138.